The van der Waals surface area contributed by atoms with Crippen LogP contribution in [0.2, 0.25) is 0 Å². The first-order valence-corrected chi connectivity index (χ1v) is 6.78. The lowest BCUT2D eigenvalue weighted by atomic mass is 10.1. The number of benzene rings is 1. The standard InChI is InChI=1S/C17H15N3/c1-12-3-2-4-16-15(12)6-8-20(16)11-13-9-14-5-7-18-17(14)19-10-13/h2-10H,11H2,1H3,(H,18,19). The van der Waals surface area contributed by atoms with Crippen molar-refractivity contribution in [1.82, 2.24) is 14.5 Å². The Kier molecular flexibility index (Phi) is 2.39. The van der Waals surface area contributed by atoms with E-state index in [9.17, 15) is 0 Å². The third-order valence-corrected chi connectivity index (χ3v) is 3.84. The Balaban J connectivity index is 1.78. The number of hydrogen-bond donors (Lipinski definition) is 1. The molecule has 4 aromatic rings. The van der Waals surface area contributed by atoms with Gasteiger partial charge in [0.05, 0.1) is 0 Å². The zero-order valence-corrected chi connectivity index (χ0v) is 11.3. The van der Waals surface area contributed by atoms with Crippen LogP contribution in [-0.2, 0) is 6.54 Å². The summed E-state index contributed by atoms with van der Waals surface area (Å²) >= 11 is 0. The van der Waals surface area contributed by atoms with Gasteiger partial charge in [-0.3, -0.25) is 0 Å². The van der Waals surface area contributed by atoms with Gasteiger partial charge in [-0.1, -0.05) is 12.1 Å². The van der Waals surface area contributed by atoms with Gasteiger partial charge in [-0.05, 0) is 42.3 Å². The average molecular weight is 261 g/mol. The van der Waals surface area contributed by atoms with Crippen molar-refractivity contribution in [1.29, 1.82) is 0 Å². The quantitative estimate of drug-likeness (QED) is 0.584. The van der Waals surface area contributed by atoms with Crippen LogP contribution >= 0.6 is 0 Å². The molecule has 0 spiro atoms. The molecule has 0 radical (unpaired) electrons. The van der Waals surface area contributed by atoms with E-state index in [2.05, 4.69) is 64.1 Å². The molecule has 0 aliphatic rings. The number of aryl methyl sites for hydroxylation is 1. The van der Waals surface area contributed by atoms with Gasteiger partial charge in [-0.15, -0.1) is 0 Å². The number of pyridine rings is 1. The number of aromatic nitrogens is 3. The highest BCUT2D eigenvalue weighted by Crippen LogP contribution is 2.21. The zero-order chi connectivity index (χ0) is 13.5. The highest BCUT2D eigenvalue weighted by molar-refractivity contribution is 5.83. The monoisotopic (exact) mass is 261 g/mol. The normalized spacial score (nSPS) is 11.4. The Morgan fingerprint density at radius 1 is 1.20 bits per heavy atom. The minimum atomic E-state index is 0.848. The third kappa shape index (κ3) is 1.71. The molecule has 0 saturated carbocycles. The minimum Gasteiger partial charge on any atom is -0.346 e. The van der Waals surface area contributed by atoms with Gasteiger partial charge in [0.2, 0.25) is 0 Å². The van der Waals surface area contributed by atoms with Gasteiger partial charge in [0.1, 0.15) is 5.65 Å². The van der Waals surface area contributed by atoms with Crippen molar-refractivity contribution in [2.45, 2.75) is 13.5 Å². The average Bonchev–Trinajstić information content (AvgIpc) is 3.06. The van der Waals surface area contributed by atoms with Crippen molar-refractivity contribution < 1.29 is 0 Å². The van der Waals surface area contributed by atoms with Gasteiger partial charge in [-0.25, -0.2) is 4.98 Å². The molecule has 3 heterocycles. The molecule has 3 heteroatoms. The lowest BCUT2D eigenvalue weighted by Gasteiger charge is -2.06. The number of H-pyrrole nitrogens is 1. The molecule has 0 fully saturated rings. The highest BCUT2D eigenvalue weighted by Gasteiger charge is 2.05. The van der Waals surface area contributed by atoms with E-state index >= 15 is 0 Å². The molecular weight excluding hydrogens is 246 g/mol. The third-order valence-electron chi connectivity index (χ3n) is 3.84. The Morgan fingerprint density at radius 3 is 3.10 bits per heavy atom. The topological polar surface area (TPSA) is 33.6 Å². The predicted molar refractivity (Wildman–Crippen MR) is 81.9 cm³/mol. The van der Waals surface area contributed by atoms with Crippen molar-refractivity contribution >= 4 is 21.9 Å². The van der Waals surface area contributed by atoms with Crippen molar-refractivity contribution in [3.8, 4) is 0 Å². The number of aromatic amines is 1. The van der Waals surface area contributed by atoms with E-state index in [1.54, 1.807) is 0 Å². The van der Waals surface area contributed by atoms with Crippen LogP contribution in [0.1, 0.15) is 11.1 Å². The molecule has 3 aromatic heterocycles. The smallest absolute Gasteiger partial charge is 0.137 e. The van der Waals surface area contributed by atoms with Gasteiger partial charge in [-0.2, -0.15) is 0 Å². The lowest BCUT2D eigenvalue weighted by molar-refractivity contribution is 0.834. The summed E-state index contributed by atoms with van der Waals surface area (Å²) in [4.78, 5) is 7.58. The summed E-state index contributed by atoms with van der Waals surface area (Å²) in [5.41, 5.74) is 4.76. The fraction of sp³-hybridized carbons (Fsp3) is 0.118. The molecule has 0 saturated heterocycles. The SMILES string of the molecule is Cc1cccc2c1ccn2Cc1cnc2[nH]ccc2c1. The predicted octanol–water partition coefficient (Wildman–Crippen LogP) is 3.87. The maximum atomic E-state index is 4.45. The molecule has 0 atom stereocenters. The molecule has 20 heavy (non-hydrogen) atoms. The van der Waals surface area contributed by atoms with E-state index in [1.807, 2.05) is 12.4 Å². The van der Waals surface area contributed by atoms with E-state index in [0.717, 1.165) is 17.6 Å². The minimum absolute atomic E-state index is 0.848. The molecule has 4 rings (SSSR count). The van der Waals surface area contributed by atoms with E-state index in [1.165, 1.54) is 22.0 Å². The molecular formula is C17H15N3. The summed E-state index contributed by atoms with van der Waals surface area (Å²) in [5, 5.41) is 2.48. The first kappa shape index (κ1) is 11.3. The molecule has 98 valence electrons. The molecule has 0 bridgehead atoms. The van der Waals surface area contributed by atoms with Crippen LogP contribution in [-0.4, -0.2) is 14.5 Å². The van der Waals surface area contributed by atoms with Gasteiger partial charge in [0.25, 0.3) is 0 Å². The van der Waals surface area contributed by atoms with Crippen molar-refractivity contribution in [2.75, 3.05) is 0 Å². The van der Waals surface area contributed by atoms with Crippen molar-refractivity contribution in [3.05, 3.63) is 66.1 Å². The molecule has 1 N–H and O–H groups in total. The summed E-state index contributed by atoms with van der Waals surface area (Å²) in [6.45, 7) is 3.00. The number of rotatable bonds is 2. The van der Waals surface area contributed by atoms with Crippen molar-refractivity contribution in [2.24, 2.45) is 0 Å². The molecule has 3 nitrogen and oxygen atoms in total. The van der Waals surface area contributed by atoms with Gasteiger partial charge < -0.3 is 9.55 Å². The van der Waals surface area contributed by atoms with Crippen LogP contribution in [0.4, 0.5) is 0 Å². The van der Waals surface area contributed by atoms with E-state index < -0.39 is 0 Å². The van der Waals surface area contributed by atoms with E-state index in [-0.39, 0.29) is 0 Å². The fourth-order valence-electron chi connectivity index (χ4n) is 2.78. The second kappa shape index (κ2) is 4.23. The zero-order valence-electron chi connectivity index (χ0n) is 11.3. The summed E-state index contributed by atoms with van der Waals surface area (Å²) in [6, 6.07) is 12.9. The molecule has 0 aliphatic heterocycles. The molecule has 0 amide bonds. The summed E-state index contributed by atoms with van der Waals surface area (Å²) in [5.74, 6) is 0. The first-order chi connectivity index (χ1) is 9.81. The maximum absolute atomic E-state index is 4.45. The largest absolute Gasteiger partial charge is 0.346 e. The summed E-state index contributed by atoms with van der Waals surface area (Å²) in [6.07, 6.45) is 6.02. The Labute approximate surface area is 116 Å². The van der Waals surface area contributed by atoms with Crippen LogP contribution in [0.25, 0.3) is 21.9 Å². The van der Waals surface area contributed by atoms with Crippen LogP contribution in [0.3, 0.4) is 0 Å². The first-order valence-electron chi connectivity index (χ1n) is 6.78. The summed E-state index contributed by atoms with van der Waals surface area (Å²) < 4.78 is 2.28. The molecule has 0 unspecified atom stereocenters. The van der Waals surface area contributed by atoms with Gasteiger partial charge >= 0.3 is 0 Å². The van der Waals surface area contributed by atoms with Crippen molar-refractivity contribution in [3.63, 3.8) is 0 Å². The molecule has 0 aliphatic carbocycles. The van der Waals surface area contributed by atoms with Gasteiger partial charge in [0.15, 0.2) is 0 Å². The number of nitrogens with one attached hydrogen (secondary N) is 1. The highest BCUT2D eigenvalue weighted by atomic mass is 15.0. The maximum Gasteiger partial charge on any atom is 0.137 e. The second-order valence-corrected chi connectivity index (χ2v) is 5.21. The Morgan fingerprint density at radius 2 is 2.15 bits per heavy atom. The fourth-order valence-corrected chi connectivity index (χ4v) is 2.78. The summed E-state index contributed by atoms with van der Waals surface area (Å²) in [7, 11) is 0. The van der Waals surface area contributed by atoms with E-state index in [0.29, 0.717) is 0 Å². The number of nitrogens with zero attached hydrogens (tertiary/aromatic N) is 2. The second-order valence-electron chi connectivity index (χ2n) is 5.21. The van der Waals surface area contributed by atoms with Crippen LogP contribution in [0.5, 0.6) is 0 Å². The molecule has 1 aromatic carbocycles. The van der Waals surface area contributed by atoms with Crippen LogP contribution in [0.15, 0.2) is 55.0 Å². The van der Waals surface area contributed by atoms with E-state index in [4.69, 9.17) is 0 Å². The lowest BCUT2D eigenvalue weighted by Crippen LogP contribution is -1.98. The Hall–Kier alpha value is -2.55. The van der Waals surface area contributed by atoms with Crippen LogP contribution in [0, 0.1) is 6.92 Å². The number of fused-ring (bicyclic) bond motifs is 2. The Bertz CT molecular complexity index is 899. The number of hydrogen-bond acceptors (Lipinski definition) is 1. The van der Waals surface area contributed by atoms with Gasteiger partial charge in [0, 0.05) is 41.4 Å². The van der Waals surface area contributed by atoms with Crippen LogP contribution < -0.4 is 0 Å².